The average Bonchev–Trinajstić information content (AvgIpc) is 3.25. The third kappa shape index (κ3) is 3.68. The topological polar surface area (TPSA) is 51.1 Å². The predicted molar refractivity (Wildman–Crippen MR) is 114 cm³/mol. The van der Waals surface area contributed by atoms with Crippen LogP contribution in [0.5, 0.6) is 11.5 Å². The van der Waals surface area contributed by atoms with Gasteiger partial charge in [-0.2, -0.15) is 0 Å². The molecule has 5 nitrogen and oxygen atoms in total. The van der Waals surface area contributed by atoms with Gasteiger partial charge in [-0.3, -0.25) is 9.69 Å². The monoisotopic (exact) mass is 392 g/mol. The number of aryl methyl sites for hydroxylation is 1. The van der Waals surface area contributed by atoms with Gasteiger partial charge in [0.15, 0.2) is 16.7 Å². The fourth-order valence-corrected chi connectivity index (χ4v) is 3.72. The van der Waals surface area contributed by atoms with Crippen molar-refractivity contribution in [1.29, 1.82) is 0 Å². The molecule has 0 saturated heterocycles. The predicted octanol–water partition coefficient (Wildman–Crippen LogP) is 4.78. The Morgan fingerprint density at radius 3 is 2.71 bits per heavy atom. The Kier molecular flexibility index (Phi) is 4.96. The van der Waals surface area contributed by atoms with Gasteiger partial charge in [0.2, 0.25) is 6.79 Å². The number of carbonyl (C=O) groups excluding carboxylic acids is 1. The van der Waals surface area contributed by atoms with Crippen LogP contribution in [0.15, 0.2) is 65.3 Å². The summed E-state index contributed by atoms with van der Waals surface area (Å²) in [5.41, 5.74) is 4.20. The molecule has 0 fully saturated rings. The SMILES string of the molecule is C=C(C)CSC1=N/C(=C\c2ccc3c(c2)OCO3)C(=O)N1c1ccc(C)cc1. The van der Waals surface area contributed by atoms with Crippen LogP contribution in [0.3, 0.4) is 0 Å². The average molecular weight is 392 g/mol. The molecular weight excluding hydrogens is 372 g/mol. The molecule has 0 bridgehead atoms. The number of hydrogen-bond donors (Lipinski definition) is 0. The molecule has 1 amide bonds. The number of nitrogens with zero attached hydrogens (tertiary/aromatic N) is 2. The largest absolute Gasteiger partial charge is 0.454 e. The highest BCUT2D eigenvalue weighted by Crippen LogP contribution is 2.34. The van der Waals surface area contributed by atoms with Gasteiger partial charge in [-0.25, -0.2) is 4.99 Å². The van der Waals surface area contributed by atoms with Gasteiger partial charge in [-0.1, -0.05) is 47.7 Å². The smallest absolute Gasteiger partial charge is 0.283 e. The highest BCUT2D eigenvalue weighted by atomic mass is 32.2. The molecule has 4 rings (SSSR count). The lowest BCUT2D eigenvalue weighted by Gasteiger charge is -2.18. The van der Waals surface area contributed by atoms with E-state index in [1.807, 2.05) is 56.3 Å². The van der Waals surface area contributed by atoms with E-state index in [0.29, 0.717) is 28.1 Å². The van der Waals surface area contributed by atoms with Crippen molar-refractivity contribution in [2.24, 2.45) is 4.99 Å². The molecule has 0 radical (unpaired) electrons. The number of hydrogen-bond acceptors (Lipinski definition) is 5. The lowest BCUT2D eigenvalue weighted by molar-refractivity contribution is -0.113. The van der Waals surface area contributed by atoms with Crippen molar-refractivity contribution in [3.63, 3.8) is 0 Å². The van der Waals surface area contributed by atoms with E-state index in [-0.39, 0.29) is 12.7 Å². The number of ether oxygens (including phenoxy) is 2. The van der Waals surface area contributed by atoms with Crippen molar-refractivity contribution in [1.82, 2.24) is 0 Å². The van der Waals surface area contributed by atoms with Crippen LogP contribution in [0.2, 0.25) is 0 Å². The summed E-state index contributed by atoms with van der Waals surface area (Å²) in [7, 11) is 0. The van der Waals surface area contributed by atoms with E-state index in [0.717, 1.165) is 22.4 Å². The fraction of sp³-hybridized carbons (Fsp3) is 0.182. The minimum Gasteiger partial charge on any atom is -0.454 e. The van der Waals surface area contributed by atoms with E-state index in [4.69, 9.17) is 9.47 Å². The quantitative estimate of drug-likeness (QED) is 0.555. The first-order valence-corrected chi connectivity index (χ1v) is 9.88. The fourth-order valence-electron chi connectivity index (χ4n) is 2.86. The maximum Gasteiger partial charge on any atom is 0.283 e. The van der Waals surface area contributed by atoms with E-state index in [1.54, 1.807) is 11.0 Å². The van der Waals surface area contributed by atoms with Crippen molar-refractivity contribution >= 4 is 34.6 Å². The second-order valence-electron chi connectivity index (χ2n) is 6.76. The maximum absolute atomic E-state index is 13.1. The Hall–Kier alpha value is -2.99. The summed E-state index contributed by atoms with van der Waals surface area (Å²) in [6.45, 7) is 8.14. The number of aliphatic imine (C=N–C) groups is 1. The van der Waals surface area contributed by atoms with Crippen molar-refractivity contribution in [3.8, 4) is 11.5 Å². The van der Waals surface area contributed by atoms with Crippen LogP contribution in [0, 0.1) is 6.92 Å². The van der Waals surface area contributed by atoms with E-state index < -0.39 is 0 Å². The first-order valence-electron chi connectivity index (χ1n) is 8.89. The van der Waals surface area contributed by atoms with Gasteiger partial charge in [0.1, 0.15) is 5.70 Å². The van der Waals surface area contributed by atoms with E-state index in [2.05, 4.69) is 11.6 Å². The first-order chi connectivity index (χ1) is 13.5. The normalized spacial score (nSPS) is 16.6. The van der Waals surface area contributed by atoms with Gasteiger partial charge >= 0.3 is 0 Å². The van der Waals surface area contributed by atoms with Crippen LogP contribution in [0.4, 0.5) is 5.69 Å². The van der Waals surface area contributed by atoms with Crippen molar-refractivity contribution < 1.29 is 14.3 Å². The summed E-state index contributed by atoms with van der Waals surface area (Å²) < 4.78 is 10.8. The van der Waals surface area contributed by atoms with Gasteiger partial charge < -0.3 is 9.47 Å². The summed E-state index contributed by atoms with van der Waals surface area (Å²) >= 11 is 1.51. The Morgan fingerprint density at radius 2 is 1.96 bits per heavy atom. The van der Waals surface area contributed by atoms with Crippen LogP contribution >= 0.6 is 11.8 Å². The zero-order valence-corrected chi connectivity index (χ0v) is 16.6. The maximum atomic E-state index is 13.1. The summed E-state index contributed by atoms with van der Waals surface area (Å²) in [6.07, 6.45) is 1.78. The molecule has 0 unspecified atom stereocenters. The summed E-state index contributed by atoms with van der Waals surface area (Å²) in [5.74, 6) is 1.94. The second kappa shape index (κ2) is 7.56. The zero-order chi connectivity index (χ0) is 19.7. The molecule has 6 heteroatoms. The lowest BCUT2D eigenvalue weighted by atomic mass is 10.1. The van der Waals surface area contributed by atoms with Crippen molar-refractivity contribution in [2.45, 2.75) is 13.8 Å². The number of benzene rings is 2. The number of thioether (sulfide) groups is 1. The first kappa shape index (κ1) is 18.4. The van der Waals surface area contributed by atoms with Crippen LogP contribution in [0.25, 0.3) is 6.08 Å². The minimum absolute atomic E-state index is 0.147. The van der Waals surface area contributed by atoms with Gasteiger partial charge in [0.25, 0.3) is 5.91 Å². The molecule has 2 aliphatic rings. The number of amides is 1. The number of fused-ring (bicyclic) bond motifs is 1. The van der Waals surface area contributed by atoms with E-state index in [9.17, 15) is 4.79 Å². The summed E-state index contributed by atoms with van der Waals surface area (Å²) in [6, 6.07) is 13.4. The molecule has 142 valence electrons. The molecule has 0 aromatic heterocycles. The molecule has 2 heterocycles. The second-order valence-corrected chi connectivity index (χ2v) is 7.70. The highest BCUT2D eigenvalue weighted by molar-refractivity contribution is 8.14. The Bertz CT molecular complexity index is 1010. The third-order valence-electron chi connectivity index (χ3n) is 4.27. The molecule has 0 atom stereocenters. The van der Waals surface area contributed by atoms with Gasteiger partial charge in [0, 0.05) is 5.75 Å². The molecule has 2 aromatic rings. The molecule has 2 aliphatic heterocycles. The van der Waals surface area contributed by atoms with Crippen molar-refractivity contribution in [2.75, 3.05) is 17.4 Å². The Balaban J connectivity index is 1.68. The van der Waals surface area contributed by atoms with E-state index in [1.165, 1.54) is 11.8 Å². The van der Waals surface area contributed by atoms with Crippen LogP contribution < -0.4 is 14.4 Å². The molecule has 0 saturated carbocycles. The Labute approximate surface area is 168 Å². The van der Waals surface area contributed by atoms with Gasteiger partial charge in [-0.05, 0) is 49.8 Å². The summed E-state index contributed by atoms with van der Waals surface area (Å²) in [4.78, 5) is 19.4. The molecule has 0 N–H and O–H groups in total. The van der Waals surface area contributed by atoms with Crippen LogP contribution in [-0.2, 0) is 4.79 Å². The highest BCUT2D eigenvalue weighted by Gasteiger charge is 2.32. The molecule has 2 aromatic carbocycles. The number of carbonyl (C=O) groups is 1. The molecule has 0 aliphatic carbocycles. The molecule has 28 heavy (non-hydrogen) atoms. The lowest BCUT2D eigenvalue weighted by Crippen LogP contribution is -2.30. The molecular formula is C22H20N2O3S. The van der Waals surface area contributed by atoms with Crippen molar-refractivity contribution in [3.05, 3.63) is 71.4 Å². The van der Waals surface area contributed by atoms with Crippen LogP contribution in [0.1, 0.15) is 18.1 Å². The number of anilines is 1. The Morgan fingerprint density at radius 1 is 1.21 bits per heavy atom. The van der Waals surface area contributed by atoms with Gasteiger partial charge in [-0.15, -0.1) is 0 Å². The number of rotatable bonds is 4. The third-order valence-corrected chi connectivity index (χ3v) is 5.44. The standard InChI is InChI=1S/C22H20N2O3S/c1-14(2)12-28-22-23-18(10-16-6-9-19-20(11-16)27-13-26-19)21(25)24(22)17-7-4-15(3)5-8-17/h4-11H,1,12-13H2,2-3H3/b18-10-. The zero-order valence-electron chi connectivity index (χ0n) is 15.8. The van der Waals surface area contributed by atoms with Gasteiger partial charge in [0.05, 0.1) is 5.69 Å². The molecule has 0 spiro atoms. The van der Waals surface area contributed by atoms with Crippen LogP contribution in [-0.4, -0.2) is 23.6 Å². The minimum atomic E-state index is -0.147. The summed E-state index contributed by atoms with van der Waals surface area (Å²) in [5, 5.41) is 0.656. The van der Waals surface area contributed by atoms with E-state index >= 15 is 0 Å². The number of amidine groups is 1.